The van der Waals surface area contributed by atoms with E-state index >= 15 is 0 Å². The number of alkyl halides is 3. The molecule has 0 amide bonds. The number of halogens is 4. The molecule has 0 heterocycles. The van der Waals surface area contributed by atoms with Crippen LogP contribution in [0.4, 0.5) is 17.6 Å². The highest BCUT2D eigenvalue weighted by Gasteiger charge is 2.53. The van der Waals surface area contributed by atoms with Crippen LogP contribution in [0.25, 0.3) is 0 Å². The number of hydrogen-bond donors (Lipinski definition) is 1. The molecule has 2 unspecified atom stereocenters. The normalized spacial score (nSPS) is 16.8. The Kier molecular flexibility index (Phi) is 4.45. The molecule has 2 nitrogen and oxygen atoms in total. The highest BCUT2D eigenvalue weighted by molar-refractivity contribution is 5.41. The quantitative estimate of drug-likeness (QED) is 0.856. The van der Waals surface area contributed by atoms with E-state index in [-0.39, 0.29) is 11.3 Å². The number of ether oxygens (including phenoxy) is 1. The lowest BCUT2D eigenvalue weighted by Gasteiger charge is -2.34. The van der Waals surface area contributed by atoms with E-state index < -0.39 is 29.9 Å². The first-order chi connectivity index (χ1) is 8.61. The molecule has 0 fully saturated rings. The molecule has 1 aromatic carbocycles. The Labute approximate surface area is 109 Å². The van der Waals surface area contributed by atoms with Crippen molar-refractivity contribution in [2.24, 2.45) is 0 Å². The van der Waals surface area contributed by atoms with E-state index in [9.17, 15) is 22.7 Å². The second-order valence-electron chi connectivity index (χ2n) is 4.73. The van der Waals surface area contributed by atoms with Crippen molar-refractivity contribution in [3.8, 4) is 5.75 Å². The number of benzene rings is 1. The average Bonchev–Trinajstić information content (AvgIpc) is 2.26. The third-order valence-corrected chi connectivity index (χ3v) is 3.09. The van der Waals surface area contributed by atoms with Crippen LogP contribution >= 0.6 is 0 Å². The van der Waals surface area contributed by atoms with Gasteiger partial charge >= 0.3 is 6.18 Å². The van der Waals surface area contributed by atoms with E-state index in [0.717, 1.165) is 25.1 Å². The molecule has 108 valence electrons. The van der Waals surface area contributed by atoms with Gasteiger partial charge < -0.3 is 9.84 Å². The van der Waals surface area contributed by atoms with Gasteiger partial charge in [0.25, 0.3) is 0 Å². The van der Waals surface area contributed by atoms with Gasteiger partial charge in [-0.25, -0.2) is 4.39 Å². The zero-order valence-electron chi connectivity index (χ0n) is 10.9. The lowest BCUT2D eigenvalue weighted by atomic mass is 9.76. The van der Waals surface area contributed by atoms with Crippen molar-refractivity contribution in [1.29, 1.82) is 0 Å². The van der Waals surface area contributed by atoms with Crippen LogP contribution in [0.5, 0.6) is 5.75 Å². The lowest BCUT2D eigenvalue weighted by Crippen LogP contribution is -2.42. The van der Waals surface area contributed by atoms with Gasteiger partial charge in [-0.15, -0.1) is 0 Å². The topological polar surface area (TPSA) is 29.5 Å². The number of rotatable bonds is 4. The maximum absolute atomic E-state index is 13.3. The van der Waals surface area contributed by atoms with Gasteiger partial charge in [0, 0.05) is 11.6 Å². The molecular formula is C13H16F4O2. The smallest absolute Gasteiger partial charge is 0.398 e. The van der Waals surface area contributed by atoms with Crippen LogP contribution in [0.15, 0.2) is 18.2 Å². The summed E-state index contributed by atoms with van der Waals surface area (Å²) in [6, 6.07) is 2.90. The fourth-order valence-corrected chi connectivity index (χ4v) is 2.09. The molecule has 6 heteroatoms. The van der Waals surface area contributed by atoms with Crippen molar-refractivity contribution in [3.05, 3.63) is 29.6 Å². The first-order valence-electron chi connectivity index (χ1n) is 5.70. The molecule has 0 aromatic heterocycles. The van der Waals surface area contributed by atoms with Crippen molar-refractivity contribution in [2.75, 3.05) is 7.11 Å². The van der Waals surface area contributed by atoms with Gasteiger partial charge in [-0.1, -0.05) is 6.07 Å². The number of hydrogen-bond acceptors (Lipinski definition) is 2. The summed E-state index contributed by atoms with van der Waals surface area (Å²) in [5.74, 6) is -0.859. The highest BCUT2D eigenvalue weighted by atomic mass is 19.4. The molecule has 0 aliphatic rings. The molecule has 0 saturated carbocycles. The molecule has 0 aliphatic heterocycles. The van der Waals surface area contributed by atoms with Crippen LogP contribution in [-0.4, -0.2) is 24.5 Å². The Morgan fingerprint density at radius 2 is 1.89 bits per heavy atom. The second kappa shape index (κ2) is 5.36. The summed E-state index contributed by atoms with van der Waals surface area (Å²) in [5.41, 5.74) is -2.50. The van der Waals surface area contributed by atoms with Crippen molar-refractivity contribution < 1.29 is 27.4 Å². The van der Waals surface area contributed by atoms with E-state index in [1.807, 2.05) is 0 Å². The van der Waals surface area contributed by atoms with Crippen LogP contribution in [0, 0.1) is 5.82 Å². The van der Waals surface area contributed by atoms with E-state index in [0.29, 0.717) is 0 Å². The largest absolute Gasteiger partial charge is 0.496 e. The molecule has 1 N–H and O–H groups in total. The molecule has 0 radical (unpaired) electrons. The van der Waals surface area contributed by atoms with Gasteiger partial charge in [0.1, 0.15) is 11.6 Å². The summed E-state index contributed by atoms with van der Waals surface area (Å²) in [4.78, 5) is 0. The van der Waals surface area contributed by atoms with Crippen molar-refractivity contribution in [3.63, 3.8) is 0 Å². The minimum absolute atomic E-state index is 0.180. The van der Waals surface area contributed by atoms with Gasteiger partial charge in [-0.3, -0.25) is 0 Å². The minimum atomic E-state index is -4.59. The summed E-state index contributed by atoms with van der Waals surface area (Å²) < 4.78 is 57.8. The minimum Gasteiger partial charge on any atom is -0.496 e. The number of aliphatic hydroxyl groups excluding tert-OH is 1. The van der Waals surface area contributed by atoms with Gasteiger partial charge in [-0.2, -0.15) is 13.2 Å². The molecule has 0 bridgehead atoms. The van der Waals surface area contributed by atoms with E-state index in [1.54, 1.807) is 0 Å². The third kappa shape index (κ3) is 3.18. The molecule has 1 rings (SSSR count). The molecule has 0 aliphatic carbocycles. The van der Waals surface area contributed by atoms with Gasteiger partial charge in [0.2, 0.25) is 0 Å². The van der Waals surface area contributed by atoms with Crippen molar-refractivity contribution in [2.45, 2.75) is 38.0 Å². The first kappa shape index (κ1) is 15.8. The van der Waals surface area contributed by atoms with Crippen molar-refractivity contribution in [1.82, 2.24) is 0 Å². The maximum atomic E-state index is 13.3. The molecule has 0 saturated heterocycles. The van der Waals surface area contributed by atoms with Gasteiger partial charge in [0.15, 0.2) is 0 Å². The second-order valence-corrected chi connectivity index (χ2v) is 4.73. The zero-order chi connectivity index (χ0) is 14.8. The predicted octanol–water partition coefficient (Wildman–Crippen LogP) is 3.43. The zero-order valence-corrected chi connectivity index (χ0v) is 10.9. The van der Waals surface area contributed by atoms with E-state index in [1.165, 1.54) is 14.0 Å². The van der Waals surface area contributed by atoms with Gasteiger partial charge in [0.05, 0.1) is 18.6 Å². The van der Waals surface area contributed by atoms with Crippen molar-refractivity contribution >= 4 is 0 Å². The van der Waals surface area contributed by atoms with Crippen LogP contribution in [0.2, 0.25) is 0 Å². The van der Waals surface area contributed by atoms with Crippen LogP contribution < -0.4 is 4.74 Å². The highest BCUT2D eigenvalue weighted by Crippen LogP contribution is 2.47. The lowest BCUT2D eigenvalue weighted by molar-refractivity contribution is -0.193. The summed E-state index contributed by atoms with van der Waals surface area (Å²) >= 11 is 0. The van der Waals surface area contributed by atoms with E-state index in [4.69, 9.17) is 4.74 Å². The Balaban J connectivity index is 3.41. The van der Waals surface area contributed by atoms with Gasteiger partial charge in [-0.05, 0) is 26.3 Å². The predicted molar refractivity (Wildman–Crippen MR) is 62.7 cm³/mol. The Bertz CT molecular complexity index is 443. The summed E-state index contributed by atoms with van der Waals surface area (Å²) in [6.07, 6.45) is -6.27. The SMILES string of the molecule is COc1cc(F)ccc1C(C)(CC(C)O)C(F)(F)F. The van der Waals surface area contributed by atoms with E-state index in [2.05, 4.69) is 0 Å². The van der Waals surface area contributed by atoms with Crippen LogP contribution in [-0.2, 0) is 5.41 Å². The Morgan fingerprint density at radius 1 is 1.32 bits per heavy atom. The average molecular weight is 280 g/mol. The monoisotopic (exact) mass is 280 g/mol. The summed E-state index contributed by atoms with van der Waals surface area (Å²) in [7, 11) is 1.18. The maximum Gasteiger partial charge on any atom is 0.398 e. The van der Waals surface area contributed by atoms with Crippen LogP contribution in [0.3, 0.4) is 0 Å². The Hall–Kier alpha value is -1.30. The van der Waals surface area contributed by atoms with Crippen LogP contribution in [0.1, 0.15) is 25.8 Å². The molecule has 19 heavy (non-hydrogen) atoms. The molecule has 2 atom stereocenters. The summed E-state index contributed by atoms with van der Waals surface area (Å²) in [5, 5.41) is 9.32. The fraction of sp³-hybridized carbons (Fsp3) is 0.538. The molecule has 0 spiro atoms. The third-order valence-electron chi connectivity index (χ3n) is 3.09. The summed E-state index contributed by atoms with van der Waals surface area (Å²) in [6.45, 7) is 2.25. The molecule has 1 aromatic rings. The fourth-order valence-electron chi connectivity index (χ4n) is 2.09. The Morgan fingerprint density at radius 3 is 2.32 bits per heavy atom. The number of methoxy groups -OCH3 is 1. The standard InChI is InChI=1S/C13H16F4O2/c1-8(18)7-12(2,13(15,16)17)10-5-4-9(14)6-11(10)19-3/h4-6,8,18H,7H2,1-3H3. The molecular weight excluding hydrogens is 264 g/mol. The first-order valence-corrected chi connectivity index (χ1v) is 5.70. The number of aliphatic hydroxyl groups is 1.